The minimum Gasteiger partial charge on any atom is -0.494 e. The maximum atomic E-state index is 11.2. The number of hydrogen-bond donors (Lipinski definition) is 2. The monoisotopic (exact) mass is 268 g/mol. The fourth-order valence-electron chi connectivity index (χ4n) is 1.16. The highest BCUT2D eigenvalue weighted by Crippen LogP contribution is 2.17. The fraction of sp³-hybridized carbons (Fsp3) is 0.333. The normalized spacial score (nSPS) is 9.74. The Kier molecular flexibility index (Phi) is 6.17. The van der Waals surface area contributed by atoms with E-state index in [-0.39, 0.29) is 13.2 Å². The van der Waals surface area contributed by atoms with Crippen molar-refractivity contribution >= 4 is 11.8 Å². The molecule has 0 bridgehead atoms. The first-order chi connectivity index (χ1) is 9.11. The number of primary amides is 1. The highest BCUT2D eigenvalue weighted by Gasteiger charge is 2.04. The average Bonchev–Trinajstić information content (AvgIpc) is 2.38. The lowest BCUT2D eigenvalue weighted by atomic mass is 10.3. The van der Waals surface area contributed by atoms with E-state index in [9.17, 15) is 9.59 Å². The van der Waals surface area contributed by atoms with Gasteiger partial charge in [0.2, 0.25) is 5.91 Å². The molecule has 7 nitrogen and oxygen atoms in total. The largest absolute Gasteiger partial charge is 0.494 e. The Bertz CT molecular complexity index is 419. The molecule has 2 amide bonds. The van der Waals surface area contributed by atoms with E-state index >= 15 is 0 Å². The number of rotatable bonds is 8. The molecule has 0 aliphatic heterocycles. The summed E-state index contributed by atoms with van der Waals surface area (Å²) in [6.07, 6.45) is 0. The lowest BCUT2D eigenvalue weighted by molar-refractivity contribution is -0.139. The van der Waals surface area contributed by atoms with Crippen molar-refractivity contribution in [2.24, 2.45) is 5.73 Å². The van der Waals surface area contributed by atoms with Crippen LogP contribution in [0.4, 0.5) is 0 Å². The van der Waals surface area contributed by atoms with Crippen LogP contribution in [0.3, 0.4) is 0 Å². The number of nitrogens with two attached hydrogens (primary N) is 1. The van der Waals surface area contributed by atoms with Crippen molar-refractivity contribution in [3.05, 3.63) is 24.3 Å². The van der Waals surface area contributed by atoms with Gasteiger partial charge in [0.05, 0.1) is 6.61 Å². The van der Waals surface area contributed by atoms with E-state index in [1.807, 2.05) is 12.4 Å². The van der Waals surface area contributed by atoms with Gasteiger partial charge in [-0.3, -0.25) is 14.4 Å². The maximum absolute atomic E-state index is 11.2. The molecule has 1 aromatic rings. The molecule has 0 aliphatic carbocycles. The zero-order valence-electron chi connectivity index (χ0n) is 10.5. The predicted molar refractivity (Wildman–Crippen MR) is 66.4 cm³/mol. The molecule has 0 atom stereocenters. The van der Waals surface area contributed by atoms with Crippen LogP contribution in [-0.2, 0) is 14.4 Å². The summed E-state index contributed by atoms with van der Waals surface area (Å²) >= 11 is 0. The summed E-state index contributed by atoms with van der Waals surface area (Å²) in [6.45, 7) is 1.86. The smallest absolute Gasteiger partial charge is 0.281 e. The van der Waals surface area contributed by atoms with Gasteiger partial charge in [-0.2, -0.15) is 0 Å². The van der Waals surface area contributed by atoms with E-state index in [1.165, 1.54) is 0 Å². The summed E-state index contributed by atoms with van der Waals surface area (Å²) in [6, 6.07) is 6.84. The van der Waals surface area contributed by atoms with Gasteiger partial charge in [-0.25, -0.2) is 5.48 Å². The molecule has 0 radical (unpaired) electrons. The third-order valence-electron chi connectivity index (χ3n) is 1.91. The number of carbonyl (C=O) groups excluding carboxylic acids is 2. The number of ether oxygens (including phenoxy) is 2. The SMILES string of the molecule is CCOc1ccc(OCC(=O)NOCC(N)=O)cc1. The van der Waals surface area contributed by atoms with Crippen molar-refractivity contribution < 1.29 is 23.9 Å². The van der Waals surface area contributed by atoms with Crippen LogP contribution in [0.1, 0.15) is 6.92 Å². The second-order valence-corrected chi connectivity index (χ2v) is 3.47. The molecule has 3 N–H and O–H groups in total. The molecular weight excluding hydrogens is 252 g/mol. The van der Waals surface area contributed by atoms with Gasteiger partial charge in [-0.1, -0.05) is 0 Å². The van der Waals surface area contributed by atoms with Crippen LogP contribution in [0.5, 0.6) is 11.5 Å². The standard InChI is InChI=1S/C12H16N2O5/c1-2-17-9-3-5-10(6-4-9)18-8-12(16)14-19-7-11(13)15/h3-6H,2,7-8H2,1H3,(H2,13,15)(H,14,16). The zero-order chi connectivity index (χ0) is 14.1. The Hall–Kier alpha value is -2.28. The van der Waals surface area contributed by atoms with Crippen LogP contribution < -0.4 is 20.7 Å². The van der Waals surface area contributed by atoms with E-state index in [2.05, 4.69) is 4.84 Å². The van der Waals surface area contributed by atoms with Crippen LogP contribution in [-0.4, -0.2) is 31.6 Å². The summed E-state index contributed by atoms with van der Waals surface area (Å²) in [5.41, 5.74) is 6.85. The topological polar surface area (TPSA) is 99.9 Å². The molecule has 0 fully saturated rings. The van der Waals surface area contributed by atoms with E-state index < -0.39 is 11.8 Å². The highest BCUT2D eigenvalue weighted by molar-refractivity contribution is 5.77. The summed E-state index contributed by atoms with van der Waals surface area (Å²) < 4.78 is 10.5. The number of amides is 2. The van der Waals surface area contributed by atoms with Crippen LogP contribution in [0.25, 0.3) is 0 Å². The molecular formula is C12H16N2O5. The van der Waals surface area contributed by atoms with Gasteiger partial charge in [0.15, 0.2) is 13.2 Å². The zero-order valence-corrected chi connectivity index (χ0v) is 10.5. The van der Waals surface area contributed by atoms with Gasteiger partial charge >= 0.3 is 0 Å². The van der Waals surface area contributed by atoms with Crippen LogP contribution >= 0.6 is 0 Å². The molecule has 0 saturated heterocycles. The van der Waals surface area contributed by atoms with Crippen molar-refractivity contribution in [1.29, 1.82) is 0 Å². The van der Waals surface area contributed by atoms with Gasteiger partial charge in [-0.05, 0) is 31.2 Å². The predicted octanol–water partition coefficient (Wildman–Crippen LogP) is -0.00280. The van der Waals surface area contributed by atoms with Crippen molar-refractivity contribution in [3.63, 3.8) is 0 Å². The maximum Gasteiger partial charge on any atom is 0.281 e. The minimum absolute atomic E-state index is 0.229. The van der Waals surface area contributed by atoms with E-state index in [4.69, 9.17) is 15.2 Å². The third kappa shape index (κ3) is 6.27. The lowest BCUT2D eigenvalue weighted by Gasteiger charge is -2.08. The number of hydrogen-bond acceptors (Lipinski definition) is 5. The van der Waals surface area contributed by atoms with Crippen LogP contribution in [0, 0.1) is 0 Å². The van der Waals surface area contributed by atoms with Crippen LogP contribution in [0.2, 0.25) is 0 Å². The Morgan fingerprint density at radius 1 is 1.11 bits per heavy atom. The van der Waals surface area contributed by atoms with Crippen molar-refractivity contribution in [1.82, 2.24) is 5.48 Å². The van der Waals surface area contributed by atoms with E-state index in [0.717, 1.165) is 5.75 Å². The molecule has 0 saturated carbocycles. The molecule has 0 aromatic heterocycles. The summed E-state index contributed by atoms with van der Waals surface area (Å²) in [5.74, 6) is 0.0560. The molecule has 0 heterocycles. The first-order valence-corrected chi connectivity index (χ1v) is 5.66. The highest BCUT2D eigenvalue weighted by atomic mass is 16.7. The van der Waals surface area contributed by atoms with Crippen molar-refractivity contribution in [3.8, 4) is 11.5 Å². The molecule has 19 heavy (non-hydrogen) atoms. The van der Waals surface area contributed by atoms with Gasteiger partial charge < -0.3 is 15.2 Å². The van der Waals surface area contributed by atoms with E-state index in [0.29, 0.717) is 12.4 Å². The van der Waals surface area contributed by atoms with Gasteiger partial charge in [0.25, 0.3) is 5.91 Å². The van der Waals surface area contributed by atoms with Crippen LogP contribution in [0.15, 0.2) is 24.3 Å². The number of hydroxylamine groups is 1. The first-order valence-electron chi connectivity index (χ1n) is 5.66. The molecule has 0 aliphatic rings. The summed E-state index contributed by atoms with van der Waals surface area (Å²) in [7, 11) is 0. The molecule has 7 heteroatoms. The van der Waals surface area contributed by atoms with Crippen molar-refractivity contribution in [2.45, 2.75) is 6.92 Å². The quantitative estimate of drug-likeness (QED) is 0.646. The Labute approximate surface area is 110 Å². The molecule has 1 rings (SSSR count). The molecule has 0 unspecified atom stereocenters. The number of carbonyl (C=O) groups is 2. The second kappa shape index (κ2) is 7.93. The minimum atomic E-state index is -0.673. The number of nitrogens with one attached hydrogen (secondary N) is 1. The average molecular weight is 268 g/mol. The van der Waals surface area contributed by atoms with Gasteiger partial charge in [-0.15, -0.1) is 0 Å². The Morgan fingerprint density at radius 2 is 1.68 bits per heavy atom. The lowest BCUT2D eigenvalue weighted by Crippen LogP contribution is -2.32. The van der Waals surface area contributed by atoms with E-state index in [1.54, 1.807) is 24.3 Å². The molecule has 0 spiro atoms. The fourth-order valence-corrected chi connectivity index (χ4v) is 1.16. The molecule has 104 valence electrons. The van der Waals surface area contributed by atoms with Crippen molar-refractivity contribution in [2.75, 3.05) is 19.8 Å². The van der Waals surface area contributed by atoms with Gasteiger partial charge in [0.1, 0.15) is 11.5 Å². The van der Waals surface area contributed by atoms with Gasteiger partial charge in [0, 0.05) is 0 Å². The third-order valence-corrected chi connectivity index (χ3v) is 1.91. The number of benzene rings is 1. The summed E-state index contributed by atoms with van der Waals surface area (Å²) in [4.78, 5) is 26.1. The Morgan fingerprint density at radius 3 is 2.21 bits per heavy atom. The Balaban J connectivity index is 2.27. The second-order valence-electron chi connectivity index (χ2n) is 3.47. The molecule has 1 aromatic carbocycles. The first kappa shape index (κ1) is 14.8. The summed E-state index contributed by atoms with van der Waals surface area (Å²) in [5, 5.41) is 0.